The number of nitrogens with zero attached hydrogens (tertiary/aromatic N) is 3. The van der Waals surface area contributed by atoms with E-state index < -0.39 is 0 Å². The molecule has 1 aromatic heterocycles. The molecule has 4 heteroatoms. The van der Waals surface area contributed by atoms with E-state index in [2.05, 4.69) is 58.9 Å². The van der Waals surface area contributed by atoms with Crippen molar-refractivity contribution in [1.29, 1.82) is 0 Å². The van der Waals surface area contributed by atoms with E-state index in [-0.39, 0.29) is 0 Å². The van der Waals surface area contributed by atoms with Gasteiger partial charge in [0.15, 0.2) is 0 Å². The number of benzene rings is 1. The van der Waals surface area contributed by atoms with E-state index >= 15 is 0 Å². The topological polar surface area (TPSA) is 33.1 Å². The number of hydrogen-bond donors (Lipinski definition) is 1. The minimum atomic E-state index is 0.410. The molecule has 0 saturated carbocycles. The summed E-state index contributed by atoms with van der Waals surface area (Å²) < 4.78 is 1.85. The summed E-state index contributed by atoms with van der Waals surface area (Å²) in [4.78, 5) is 2.34. The molecular weight excluding hydrogens is 248 g/mol. The molecule has 0 saturated heterocycles. The van der Waals surface area contributed by atoms with Crippen molar-refractivity contribution in [2.75, 3.05) is 20.6 Å². The molecule has 4 nitrogen and oxygen atoms in total. The van der Waals surface area contributed by atoms with Crippen LogP contribution in [0.15, 0.2) is 42.7 Å². The van der Waals surface area contributed by atoms with Gasteiger partial charge in [-0.1, -0.05) is 30.3 Å². The van der Waals surface area contributed by atoms with Gasteiger partial charge in [-0.25, -0.2) is 0 Å². The number of aryl methyl sites for hydroxylation is 1. The average Bonchev–Trinajstić information content (AvgIpc) is 2.86. The Labute approximate surface area is 121 Å². The predicted molar refractivity (Wildman–Crippen MR) is 82.4 cm³/mol. The third-order valence-electron chi connectivity index (χ3n) is 3.56. The van der Waals surface area contributed by atoms with Crippen molar-refractivity contribution in [1.82, 2.24) is 20.0 Å². The number of rotatable bonds is 7. The van der Waals surface area contributed by atoms with Crippen LogP contribution in [0.5, 0.6) is 0 Å². The average molecular weight is 272 g/mol. The standard InChI is InChI=1S/C16H24N4/c1-17-16(15-7-5-4-6-8-15)9-10-19(2)12-14-11-18-20(3)13-14/h4-8,11,13,16-17H,9-10,12H2,1-3H3. The third-order valence-corrected chi connectivity index (χ3v) is 3.56. The Hall–Kier alpha value is -1.65. The molecule has 1 heterocycles. The molecule has 0 aliphatic rings. The molecule has 0 radical (unpaired) electrons. The quantitative estimate of drug-likeness (QED) is 0.839. The molecule has 2 rings (SSSR count). The van der Waals surface area contributed by atoms with Crippen molar-refractivity contribution in [3.63, 3.8) is 0 Å². The van der Waals surface area contributed by atoms with E-state index in [1.807, 2.05) is 25.0 Å². The van der Waals surface area contributed by atoms with Gasteiger partial charge in [-0.15, -0.1) is 0 Å². The zero-order valence-electron chi connectivity index (χ0n) is 12.6. The van der Waals surface area contributed by atoms with Crippen molar-refractivity contribution in [2.45, 2.75) is 19.0 Å². The van der Waals surface area contributed by atoms with Crippen molar-refractivity contribution < 1.29 is 0 Å². The molecule has 0 amide bonds. The molecular formula is C16H24N4. The summed E-state index contributed by atoms with van der Waals surface area (Å²) in [5, 5.41) is 7.60. The molecule has 1 N–H and O–H groups in total. The van der Waals surface area contributed by atoms with Gasteiger partial charge < -0.3 is 10.2 Å². The van der Waals surface area contributed by atoms with E-state index in [1.165, 1.54) is 11.1 Å². The van der Waals surface area contributed by atoms with Crippen molar-refractivity contribution in [2.24, 2.45) is 7.05 Å². The summed E-state index contributed by atoms with van der Waals surface area (Å²) in [5.41, 5.74) is 2.61. The highest BCUT2D eigenvalue weighted by Crippen LogP contribution is 2.16. The van der Waals surface area contributed by atoms with Crippen LogP contribution in [0.25, 0.3) is 0 Å². The van der Waals surface area contributed by atoms with Crippen LogP contribution < -0.4 is 5.32 Å². The second-order valence-corrected chi connectivity index (χ2v) is 5.30. The van der Waals surface area contributed by atoms with E-state index in [1.54, 1.807) is 0 Å². The van der Waals surface area contributed by atoms with Gasteiger partial charge in [0.2, 0.25) is 0 Å². The maximum Gasteiger partial charge on any atom is 0.0534 e. The lowest BCUT2D eigenvalue weighted by Crippen LogP contribution is -2.25. The van der Waals surface area contributed by atoms with Gasteiger partial charge in [-0.2, -0.15) is 5.10 Å². The molecule has 2 aromatic rings. The molecule has 0 fully saturated rings. The van der Waals surface area contributed by atoms with E-state index in [0.717, 1.165) is 19.5 Å². The smallest absolute Gasteiger partial charge is 0.0534 e. The Morgan fingerprint density at radius 2 is 2.05 bits per heavy atom. The van der Waals surface area contributed by atoms with Crippen LogP contribution >= 0.6 is 0 Å². The maximum absolute atomic E-state index is 4.21. The fourth-order valence-corrected chi connectivity index (χ4v) is 2.46. The second kappa shape index (κ2) is 7.22. The third kappa shape index (κ3) is 4.18. The second-order valence-electron chi connectivity index (χ2n) is 5.30. The first kappa shape index (κ1) is 14.8. The largest absolute Gasteiger partial charge is 0.313 e. The van der Waals surface area contributed by atoms with Crippen molar-refractivity contribution >= 4 is 0 Å². The molecule has 0 spiro atoms. The van der Waals surface area contributed by atoms with Crippen LogP contribution in [0.1, 0.15) is 23.6 Å². The summed E-state index contributed by atoms with van der Waals surface area (Å²) >= 11 is 0. The SMILES string of the molecule is CNC(CCN(C)Cc1cnn(C)c1)c1ccccc1. The highest BCUT2D eigenvalue weighted by Gasteiger charge is 2.10. The molecule has 1 unspecified atom stereocenters. The fraction of sp³-hybridized carbons (Fsp3) is 0.438. The monoisotopic (exact) mass is 272 g/mol. The minimum absolute atomic E-state index is 0.410. The zero-order chi connectivity index (χ0) is 14.4. The Morgan fingerprint density at radius 3 is 2.65 bits per heavy atom. The fourth-order valence-electron chi connectivity index (χ4n) is 2.46. The summed E-state index contributed by atoms with van der Waals surface area (Å²) in [7, 11) is 6.14. The van der Waals surface area contributed by atoms with Crippen molar-refractivity contribution in [3.8, 4) is 0 Å². The molecule has 1 atom stereocenters. The Balaban J connectivity index is 1.84. The van der Waals surface area contributed by atoms with Gasteiger partial charge in [0.05, 0.1) is 6.20 Å². The molecule has 20 heavy (non-hydrogen) atoms. The first-order valence-corrected chi connectivity index (χ1v) is 7.07. The Morgan fingerprint density at radius 1 is 1.30 bits per heavy atom. The predicted octanol–water partition coefficient (Wildman–Crippen LogP) is 2.20. The van der Waals surface area contributed by atoms with E-state index in [9.17, 15) is 0 Å². The van der Waals surface area contributed by atoms with E-state index in [0.29, 0.717) is 6.04 Å². The van der Waals surface area contributed by atoms with Gasteiger partial charge in [-0.05, 0) is 32.6 Å². The molecule has 0 bridgehead atoms. The number of hydrogen-bond acceptors (Lipinski definition) is 3. The normalized spacial score (nSPS) is 12.8. The minimum Gasteiger partial charge on any atom is -0.313 e. The molecule has 1 aromatic carbocycles. The lowest BCUT2D eigenvalue weighted by Gasteiger charge is -2.21. The number of nitrogens with one attached hydrogen (secondary N) is 1. The van der Waals surface area contributed by atoms with Crippen LogP contribution in [-0.4, -0.2) is 35.3 Å². The molecule has 108 valence electrons. The van der Waals surface area contributed by atoms with Gasteiger partial charge in [0.25, 0.3) is 0 Å². The summed E-state index contributed by atoms with van der Waals surface area (Å²) in [6.07, 6.45) is 5.10. The van der Waals surface area contributed by atoms with Gasteiger partial charge in [0, 0.05) is 31.4 Å². The van der Waals surface area contributed by atoms with Crippen LogP contribution in [0.4, 0.5) is 0 Å². The first-order chi connectivity index (χ1) is 9.69. The summed E-state index contributed by atoms with van der Waals surface area (Å²) in [5.74, 6) is 0. The Kier molecular flexibility index (Phi) is 5.32. The van der Waals surface area contributed by atoms with Crippen LogP contribution in [0.2, 0.25) is 0 Å². The first-order valence-electron chi connectivity index (χ1n) is 7.07. The Bertz CT molecular complexity index is 506. The highest BCUT2D eigenvalue weighted by atomic mass is 15.2. The van der Waals surface area contributed by atoms with Crippen molar-refractivity contribution in [3.05, 3.63) is 53.9 Å². The summed E-state index contributed by atoms with van der Waals surface area (Å²) in [6.45, 7) is 1.99. The van der Waals surface area contributed by atoms with Gasteiger partial charge >= 0.3 is 0 Å². The van der Waals surface area contributed by atoms with Gasteiger partial charge in [-0.3, -0.25) is 4.68 Å². The van der Waals surface area contributed by atoms with Crippen LogP contribution in [0, 0.1) is 0 Å². The van der Waals surface area contributed by atoms with Gasteiger partial charge in [0.1, 0.15) is 0 Å². The highest BCUT2D eigenvalue weighted by molar-refractivity contribution is 5.18. The van der Waals surface area contributed by atoms with E-state index in [4.69, 9.17) is 0 Å². The lowest BCUT2D eigenvalue weighted by molar-refractivity contribution is 0.304. The lowest BCUT2D eigenvalue weighted by atomic mass is 10.0. The summed E-state index contributed by atoms with van der Waals surface area (Å²) in [6, 6.07) is 11.0. The maximum atomic E-state index is 4.21. The van der Waals surface area contributed by atoms with Crippen LogP contribution in [-0.2, 0) is 13.6 Å². The number of aromatic nitrogens is 2. The zero-order valence-corrected chi connectivity index (χ0v) is 12.6. The molecule has 0 aliphatic heterocycles. The molecule has 0 aliphatic carbocycles. The van der Waals surface area contributed by atoms with Crippen LogP contribution in [0.3, 0.4) is 0 Å².